The van der Waals surface area contributed by atoms with Gasteiger partial charge in [0.25, 0.3) is 5.91 Å². The Morgan fingerprint density at radius 2 is 2.20 bits per heavy atom. The molecule has 2 aromatic rings. The lowest BCUT2D eigenvalue weighted by atomic mass is 10.1. The Labute approximate surface area is 145 Å². The summed E-state index contributed by atoms with van der Waals surface area (Å²) in [5, 5.41) is 3.10. The Hall–Kier alpha value is -2.70. The van der Waals surface area contributed by atoms with Crippen LogP contribution in [0.25, 0.3) is 0 Å². The first kappa shape index (κ1) is 15.8. The van der Waals surface area contributed by atoms with E-state index in [-0.39, 0.29) is 11.9 Å². The highest BCUT2D eigenvalue weighted by Crippen LogP contribution is 2.40. The van der Waals surface area contributed by atoms with E-state index in [0.29, 0.717) is 36.0 Å². The van der Waals surface area contributed by atoms with Crippen LogP contribution in [-0.2, 0) is 13.0 Å². The van der Waals surface area contributed by atoms with E-state index in [2.05, 4.69) is 14.9 Å². The van der Waals surface area contributed by atoms with Crippen molar-refractivity contribution < 1.29 is 19.0 Å². The van der Waals surface area contributed by atoms with E-state index in [0.717, 1.165) is 30.9 Å². The highest BCUT2D eigenvalue weighted by molar-refractivity contribution is 5.95. The van der Waals surface area contributed by atoms with E-state index in [1.54, 1.807) is 19.2 Å². The molecule has 0 saturated carbocycles. The second-order valence-corrected chi connectivity index (χ2v) is 6.36. The third kappa shape index (κ3) is 3.01. The first-order valence-electron chi connectivity index (χ1n) is 8.45. The molecule has 0 aliphatic carbocycles. The van der Waals surface area contributed by atoms with Gasteiger partial charge in [-0.25, -0.2) is 4.98 Å². The summed E-state index contributed by atoms with van der Waals surface area (Å²) in [7, 11) is 1.55. The Balaban J connectivity index is 1.52. The number of rotatable bonds is 3. The summed E-state index contributed by atoms with van der Waals surface area (Å²) in [4.78, 5) is 17.2. The highest BCUT2D eigenvalue weighted by atomic mass is 16.6. The molecule has 1 amide bonds. The van der Waals surface area contributed by atoms with Crippen LogP contribution in [0.1, 0.15) is 28.3 Å². The lowest BCUT2D eigenvalue weighted by molar-refractivity contribution is 0.0925. The SMILES string of the molecule is COc1cc(C(=O)N[C@H]2CCc3nc(C)cn3C2)cc2c1OCCO2. The van der Waals surface area contributed by atoms with Crippen LogP contribution in [-0.4, -0.2) is 41.8 Å². The Kier molecular flexibility index (Phi) is 3.99. The molecule has 3 heterocycles. The van der Waals surface area contributed by atoms with Gasteiger partial charge in [0, 0.05) is 30.8 Å². The van der Waals surface area contributed by atoms with Crippen LogP contribution in [0.5, 0.6) is 17.2 Å². The summed E-state index contributed by atoms with van der Waals surface area (Å²) >= 11 is 0. The van der Waals surface area contributed by atoms with Crippen LogP contribution in [0.3, 0.4) is 0 Å². The second kappa shape index (κ2) is 6.31. The zero-order chi connectivity index (χ0) is 17.4. The van der Waals surface area contributed by atoms with Crippen molar-refractivity contribution in [2.45, 2.75) is 32.4 Å². The number of aryl methyl sites for hydroxylation is 2. The molecule has 0 radical (unpaired) electrons. The normalized spacial score (nSPS) is 18.4. The number of hydrogen-bond acceptors (Lipinski definition) is 5. The number of methoxy groups -OCH3 is 1. The van der Waals surface area contributed by atoms with Gasteiger partial charge in [-0.2, -0.15) is 0 Å². The minimum Gasteiger partial charge on any atom is -0.493 e. The predicted octanol–water partition coefficient (Wildman–Crippen LogP) is 1.72. The molecule has 4 rings (SSSR count). The van der Waals surface area contributed by atoms with E-state index in [1.807, 2.05) is 13.1 Å². The molecule has 7 heteroatoms. The van der Waals surface area contributed by atoms with Crippen LogP contribution >= 0.6 is 0 Å². The monoisotopic (exact) mass is 343 g/mol. The Morgan fingerprint density at radius 3 is 3.04 bits per heavy atom. The van der Waals surface area contributed by atoms with Crippen molar-refractivity contribution in [1.29, 1.82) is 0 Å². The Bertz CT molecular complexity index is 798. The summed E-state index contributed by atoms with van der Waals surface area (Å²) in [6.07, 6.45) is 3.77. The molecule has 1 N–H and O–H groups in total. The maximum absolute atomic E-state index is 12.7. The molecular formula is C18H21N3O4. The van der Waals surface area contributed by atoms with Gasteiger partial charge in [-0.1, -0.05) is 0 Å². The molecule has 7 nitrogen and oxygen atoms in total. The average Bonchev–Trinajstić information content (AvgIpc) is 3.00. The van der Waals surface area contributed by atoms with Crippen molar-refractivity contribution in [3.8, 4) is 17.2 Å². The van der Waals surface area contributed by atoms with E-state index in [9.17, 15) is 4.79 Å². The van der Waals surface area contributed by atoms with Gasteiger partial charge in [-0.05, 0) is 25.5 Å². The van der Waals surface area contributed by atoms with Gasteiger partial charge in [0.2, 0.25) is 5.75 Å². The van der Waals surface area contributed by atoms with Crippen LogP contribution in [0.4, 0.5) is 0 Å². The molecule has 0 spiro atoms. The summed E-state index contributed by atoms with van der Waals surface area (Å²) in [6, 6.07) is 3.48. The van der Waals surface area contributed by atoms with Crippen molar-refractivity contribution in [1.82, 2.24) is 14.9 Å². The number of nitrogens with one attached hydrogen (secondary N) is 1. The molecule has 0 bridgehead atoms. The maximum Gasteiger partial charge on any atom is 0.251 e. The molecule has 132 valence electrons. The second-order valence-electron chi connectivity index (χ2n) is 6.36. The number of fused-ring (bicyclic) bond motifs is 2. The fourth-order valence-electron chi connectivity index (χ4n) is 3.38. The number of benzene rings is 1. The van der Waals surface area contributed by atoms with Crippen molar-refractivity contribution in [2.75, 3.05) is 20.3 Å². The first-order chi connectivity index (χ1) is 12.1. The zero-order valence-electron chi connectivity index (χ0n) is 14.4. The minimum absolute atomic E-state index is 0.0767. The quantitative estimate of drug-likeness (QED) is 0.918. The van der Waals surface area contributed by atoms with Gasteiger partial charge >= 0.3 is 0 Å². The summed E-state index contributed by atoms with van der Waals surface area (Å²) in [5.74, 6) is 2.57. The number of imidazole rings is 1. The predicted molar refractivity (Wildman–Crippen MR) is 90.5 cm³/mol. The summed E-state index contributed by atoms with van der Waals surface area (Å²) in [5.41, 5.74) is 1.52. The van der Waals surface area contributed by atoms with Gasteiger partial charge in [-0.15, -0.1) is 0 Å². The van der Waals surface area contributed by atoms with Crippen molar-refractivity contribution in [2.24, 2.45) is 0 Å². The van der Waals surface area contributed by atoms with E-state index < -0.39 is 0 Å². The minimum atomic E-state index is -0.138. The lowest BCUT2D eigenvalue weighted by Crippen LogP contribution is -2.40. The fourth-order valence-corrected chi connectivity index (χ4v) is 3.38. The smallest absolute Gasteiger partial charge is 0.251 e. The van der Waals surface area contributed by atoms with Crippen LogP contribution in [0, 0.1) is 6.92 Å². The van der Waals surface area contributed by atoms with Crippen LogP contribution in [0.15, 0.2) is 18.3 Å². The lowest BCUT2D eigenvalue weighted by Gasteiger charge is -2.25. The first-order valence-corrected chi connectivity index (χ1v) is 8.45. The molecule has 0 unspecified atom stereocenters. The Morgan fingerprint density at radius 1 is 1.36 bits per heavy atom. The largest absolute Gasteiger partial charge is 0.493 e. The van der Waals surface area contributed by atoms with Gasteiger partial charge in [0.1, 0.15) is 19.0 Å². The number of nitrogens with zero attached hydrogens (tertiary/aromatic N) is 2. The van der Waals surface area contributed by atoms with Crippen molar-refractivity contribution in [3.05, 3.63) is 35.4 Å². The molecule has 1 aromatic heterocycles. The van der Waals surface area contributed by atoms with Crippen molar-refractivity contribution in [3.63, 3.8) is 0 Å². The molecule has 1 aromatic carbocycles. The number of carbonyl (C=O) groups is 1. The topological polar surface area (TPSA) is 74.6 Å². The van der Waals surface area contributed by atoms with Crippen LogP contribution in [0.2, 0.25) is 0 Å². The molecule has 2 aliphatic heterocycles. The van der Waals surface area contributed by atoms with Gasteiger partial charge in [-0.3, -0.25) is 4.79 Å². The third-order valence-electron chi connectivity index (χ3n) is 4.54. The molecule has 1 atom stereocenters. The number of ether oxygens (including phenoxy) is 3. The van der Waals surface area contributed by atoms with E-state index in [4.69, 9.17) is 14.2 Å². The van der Waals surface area contributed by atoms with Gasteiger partial charge < -0.3 is 24.1 Å². The molecule has 25 heavy (non-hydrogen) atoms. The maximum atomic E-state index is 12.7. The van der Waals surface area contributed by atoms with Gasteiger partial charge in [0.15, 0.2) is 11.5 Å². The number of carbonyl (C=O) groups excluding carboxylic acids is 1. The van der Waals surface area contributed by atoms with Crippen molar-refractivity contribution >= 4 is 5.91 Å². The third-order valence-corrected chi connectivity index (χ3v) is 4.54. The fraction of sp³-hybridized carbons (Fsp3) is 0.444. The standard InChI is InChI=1S/C18H21N3O4/c1-11-9-21-10-13(3-4-16(21)19-11)20-18(22)12-7-14(23-2)17-15(8-12)24-5-6-25-17/h7-9,13H,3-6,10H2,1-2H3,(H,20,22)/t13-/m0/s1. The summed E-state index contributed by atoms with van der Waals surface area (Å²) in [6.45, 7) is 3.67. The molecule has 0 saturated heterocycles. The molecule has 0 fully saturated rings. The average molecular weight is 343 g/mol. The molecule has 2 aliphatic rings. The van der Waals surface area contributed by atoms with Gasteiger partial charge in [0.05, 0.1) is 12.8 Å². The molecular weight excluding hydrogens is 322 g/mol. The number of amides is 1. The highest BCUT2D eigenvalue weighted by Gasteiger charge is 2.24. The van der Waals surface area contributed by atoms with E-state index >= 15 is 0 Å². The van der Waals surface area contributed by atoms with Crippen LogP contribution < -0.4 is 19.5 Å². The summed E-state index contributed by atoms with van der Waals surface area (Å²) < 4.78 is 18.6. The zero-order valence-corrected chi connectivity index (χ0v) is 14.4. The van der Waals surface area contributed by atoms with E-state index in [1.165, 1.54) is 0 Å². The number of hydrogen-bond donors (Lipinski definition) is 1. The number of aromatic nitrogens is 2.